The number of carbonyl (C=O) groups is 1. The lowest BCUT2D eigenvalue weighted by atomic mass is 9.65. The van der Waals surface area contributed by atoms with Gasteiger partial charge in [-0.3, -0.25) is 4.98 Å². The molecule has 1 aromatic heterocycles. The lowest BCUT2D eigenvalue weighted by Crippen LogP contribution is -2.43. The van der Waals surface area contributed by atoms with Crippen molar-refractivity contribution in [3.63, 3.8) is 0 Å². The molecule has 0 aromatic carbocycles. The van der Waals surface area contributed by atoms with Gasteiger partial charge in [0.25, 0.3) is 0 Å². The van der Waals surface area contributed by atoms with Crippen molar-refractivity contribution in [1.29, 1.82) is 0 Å². The number of amides is 2. The maximum Gasteiger partial charge on any atom is 0.317 e. The van der Waals surface area contributed by atoms with E-state index in [-0.39, 0.29) is 11.4 Å². The third kappa shape index (κ3) is 3.11. The number of pyridine rings is 1. The van der Waals surface area contributed by atoms with Crippen LogP contribution < -0.4 is 5.32 Å². The summed E-state index contributed by atoms with van der Waals surface area (Å²) in [7, 11) is 0. The predicted octanol–water partition coefficient (Wildman–Crippen LogP) is 3.50. The second kappa shape index (κ2) is 5.25. The Hall–Kier alpha value is -1.58. The maximum absolute atomic E-state index is 12.6. The van der Waals surface area contributed by atoms with Crippen LogP contribution in [0.4, 0.5) is 4.79 Å². The average Bonchev–Trinajstić information content (AvgIpc) is 2.65. The van der Waals surface area contributed by atoms with Crippen LogP contribution in [0.5, 0.6) is 0 Å². The molecule has 1 aliphatic carbocycles. The Morgan fingerprint density at radius 2 is 2.18 bits per heavy atom. The number of likely N-dealkylation sites (tertiary alicyclic amines) is 1. The highest BCUT2D eigenvalue weighted by Crippen LogP contribution is 2.52. The van der Waals surface area contributed by atoms with Crippen LogP contribution in [-0.4, -0.2) is 28.5 Å². The van der Waals surface area contributed by atoms with E-state index in [1.807, 2.05) is 19.1 Å². The molecule has 1 aromatic rings. The Balaban J connectivity index is 1.64. The highest BCUT2D eigenvalue weighted by atomic mass is 16.2. The van der Waals surface area contributed by atoms with Crippen LogP contribution in [0, 0.1) is 17.8 Å². The predicted molar refractivity (Wildman–Crippen MR) is 87.4 cm³/mol. The minimum absolute atomic E-state index is 0.0842. The van der Waals surface area contributed by atoms with Crippen molar-refractivity contribution in [3.8, 4) is 0 Å². The molecule has 22 heavy (non-hydrogen) atoms. The lowest BCUT2D eigenvalue weighted by molar-refractivity contribution is 0.129. The first-order chi connectivity index (χ1) is 10.3. The number of nitrogens with one attached hydrogen (secondary N) is 1. The van der Waals surface area contributed by atoms with E-state index in [9.17, 15) is 4.79 Å². The topological polar surface area (TPSA) is 45.2 Å². The van der Waals surface area contributed by atoms with Crippen LogP contribution >= 0.6 is 0 Å². The maximum atomic E-state index is 12.6. The van der Waals surface area contributed by atoms with Crippen molar-refractivity contribution >= 4 is 6.03 Å². The highest BCUT2D eigenvalue weighted by Gasteiger charge is 2.50. The molecule has 4 nitrogen and oxygen atoms in total. The molecule has 3 rings (SSSR count). The van der Waals surface area contributed by atoms with E-state index in [2.05, 4.69) is 36.0 Å². The molecule has 2 bridgehead atoms. The Bertz CT molecular complexity index is 583. The summed E-state index contributed by atoms with van der Waals surface area (Å²) in [5.41, 5.74) is 2.72. The molecule has 2 heterocycles. The summed E-state index contributed by atoms with van der Waals surface area (Å²) in [4.78, 5) is 18.9. The molecular weight excluding hydrogens is 274 g/mol. The van der Waals surface area contributed by atoms with E-state index in [1.165, 1.54) is 6.42 Å². The van der Waals surface area contributed by atoms with E-state index in [0.29, 0.717) is 18.0 Å². The molecule has 1 aliphatic heterocycles. The minimum Gasteiger partial charge on any atom is -0.334 e. The van der Waals surface area contributed by atoms with Gasteiger partial charge in [0, 0.05) is 31.0 Å². The molecule has 0 radical (unpaired) electrons. The molecule has 2 amide bonds. The SMILES string of the molecule is Cc1cc(CNC(=O)N2C[C@]3(C)C[C@H]2CC(C)(C)C3)ccn1. The van der Waals surface area contributed by atoms with Gasteiger partial charge in [0.15, 0.2) is 0 Å². The molecule has 4 heteroatoms. The summed E-state index contributed by atoms with van der Waals surface area (Å²) < 4.78 is 0. The van der Waals surface area contributed by atoms with Crippen molar-refractivity contribution in [2.24, 2.45) is 10.8 Å². The monoisotopic (exact) mass is 301 g/mol. The lowest BCUT2D eigenvalue weighted by Gasteiger charge is -2.39. The standard InChI is InChI=1S/C18H27N3O/c1-13-7-14(5-6-19-13)10-20-16(22)21-12-18(4)9-15(21)8-17(2,3)11-18/h5-7,15H,8-12H2,1-4H3,(H,20,22)/t15-,18-/m1/s1. The molecule has 2 aliphatic rings. The first-order valence-corrected chi connectivity index (χ1v) is 8.22. The van der Waals surface area contributed by atoms with Crippen LogP contribution in [0.2, 0.25) is 0 Å². The molecular formula is C18H27N3O. The number of nitrogens with zero attached hydrogens (tertiary/aromatic N) is 2. The van der Waals surface area contributed by atoms with Gasteiger partial charge in [-0.05, 0) is 54.7 Å². The number of carbonyl (C=O) groups excluding carboxylic acids is 1. The smallest absolute Gasteiger partial charge is 0.317 e. The molecule has 1 N–H and O–H groups in total. The van der Waals surface area contributed by atoms with Crippen LogP contribution in [0.15, 0.2) is 18.3 Å². The van der Waals surface area contributed by atoms with E-state index in [4.69, 9.17) is 0 Å². The molecule has 0 unspecified atom stereocenters. The zero-order valence-electron chi connectivity index (χ0n) is 14.1. The van der Waals surface area contributed by atoms with E-state index >= 15 is 0 Å². The minimum atomic E-state index is 0.0842. The van der Waals surface area contributed by atoms with Crippen LogP contribution in [-0.2, 0) is 6.54 Å². The Labute approximate surface area is 133 Å². The Morgan fingerprint density at radius 3 is 2.91 bits per heavy atom. The summed E-state index contributed by atoms with van der Waals surface area (Å²) in [6.45, 7) is 10.4. The number of aromatic nitrogens is 1. The van der Waals surface area contributed by atoms with Gasteiger partial charge in [0.2, 0.25) is 0 Å². The van der Waals surface area contributed by atoms with E-state index in [0.717, 1.165) is 30.6 Å². The van der Waals surface area contributed by atoms with Crippen LogP contribution in [0.25, 0.3) is 0 Å². The first kappa shape index (κ1) is 15.3. The quantitative estimate of drug-likeness (QED) is 0.908. The van der Waals surface area contributed by atoms with Crippen LogP contribution in [0.3, 0.4) is 0 Å². The van der Waals surface area contributed by atoms with Crippen molar-refractivity contribution < 1.29 is 4.79 Å². The second-order valence-corrected chi connectivity index (χ2v) is 8.31. The van der Waals surface area contributed by atoms with Gasteiger partial charge in [0.05, 0.1) is 0 Å². The van der Waals surface area contributed by atoms with Crippen molar-refractivity contribution in [2.45, 2.75) is 59.5 Å². The van der Waals surface area contributed by atoms with E-state index in [1.54, 1.807) is 6.20 Å². The van der Waals surface area contributed by atoms with Gasteiger partial charge in [-0.2, -0.15) is 0 Å². The summed E-state index contributed by atoms with van der Waals surface area (Å²) in [6, 6.07) is 4.46. The van der Waals surface area contributed by atoms with Gasteiger partial charge < -0.3 is 10.2 Å². The molecule has 1 saturated carbocycles. The van der Waals surface area contributed by atoms with Crippen molar-refractivity contribution in [2.75, 3.05) is 6.54 Å². The Morgan fingerprint density at radius 1 is 1.41 bits per heavy atom. The number of fused-ring (bicyclic) bond motifs is 2. The normalized spacial score (nSPS) is 29.5. The largest absolute Gasteiger partial charge is 0.334 e. The van der Waals surface area contributed by atoms with Gasteiger partial charge in [-0.1, -0.05) is 20.8 Å². The van der Waals surface area contributed by atoms with Crippen molar-refractivity contribution in [3.05, 3.63) is 29.6 Å². The van der Waals surface area contributed by atoms with E-state index < -0.39 is 0 Å². The Kier molecular flexibility index (Phi) is 3.66. The fourth-order valence-electron chi connectivity index (χ4n) is 4.69. The first-order valence-electron chi connectivity index (χ1n) is 8.22. The van der Waals surface area contributed by atoms with Crippen molar-refractivity contribution in [1.82, 2.24) is 15.2 Å². The number of rotatable bonds is 2. The van der Waals surface area contributed by atoms with Gasteiger partial charge >= 0.3 is 6.03 Å². The molecule has 2 atom stereocenters. The molecule has 2 fully saturated rings. The van der Waals surface area contributed by atoms with Gasteiger partial charge in [-0.15, -0.1) is 0 Å². The zero-order chi connectivity index (χ0) is 16.0. The second-order valence-electron chi connectivity index (χ2n) is 8.31. The molecule has 0 spiro atoms. The zero-order valence-corrected chi connectivity index (χ0v) is 14.1. The number of hydrogen-bond acceptors (Lipinski definition) is 2. The summed E-state index contributed by atoms with van der Waals surface area (Å²) in [5, 5.41) is 3.08. The molecule has 1 saturated heterocycles. The number of aryl methyl sites for hydroxylation is 1. The third-order valence-corrected chi connectivity index (χ3v) is 5.08. The highest BCUT2D eigenvalue weighted by molar-refractivity contribution is 5.75. The average molecular weight is 301 g/mol. The summed E-state index contributed by atoms with van der Waals surface area (Å²) >= 11 is 0. The fraction of sp³-hybridized carbons (Fsp3) is 0.667. The molecule has 120 valence electrons. The summed E-state index contributed by atoms with van der Waals surface area (Å²) in [6.07, 6.45) is 5.27. The summed E-state index contributed by atoms with van der Waals surface area (Å²) in [5.74, 6) is 0. The van der Waals surface area contributed by atoms with Gasteiger partial charge in [-0.25, -0.2) is 4.79 Å². The number of urea groups is 1. The van der Waals surface area contributed by atoms with Gasteiger partial charge in [0.1, 0.15) is 0 Å². The third-order valence-electron chi connectivity index (χ3n) is 5.08. The van der Waals surface area contributed by atoms with Crippen LogP contribution in [0.1, 0.15) is 51.3 Å². The fourth-order valence-corrected chi connectivity index (χ4v) is 4.69. The number of hydrogen-bond donors (Lipinski definition) is 1.